The smallest absolute Gasteiger partial charge is 0.277 e. The van der Waals surface area contributed by atoms with Gasteiger partial charge >= 0.3 is 0 Å². The summed E-state index contributed by atoms with van der Waals surface area (Å²) < 4.78 is 1.18. The van der Waals surface area contributed by atoms with Gasteiger partial charge in [-0.25, -0.2) is 4.68 Å². The van der Waals surface area contributed by atoms with Crippen molar-refractivity contribution < 1.29 is 9.59 Å². The van der Waals surface area contributed by atoms with Gasteiger partial charge in [-0.1, -0.05) is 17.3 Å². The van der Waals surface area contributed by atoms with Crippen LogP contribution in [0.2, 0.25) is 0 Å². The normalized spacial score (nSPS) is 11.3. The van der Waals surface area contributed by atoms with Gasteiger partial charge in [-0.2, -0.15) is 0 Å². The van der Waals surface area contributed by atoms with E-state index in [1.807, 2.05) is 20.8 Å². The van der Waals surface area contributed by atoms with Crippen molar-refractivity contribution in [3.05, 3.63) is 64.4 Å². The van der Waals surface area contributed by atoms with Gasteiger partial charge in [-0.15, -0.1) is 5.10 Å². The fraction of sp³-hybridized carbons (Fsp3) is 0.286. The monoisotopic (exact) mass is 393 g/mol. The summed E-state index contributed by atoms with van der Waals surface area (Å²) in [6, 6.07) is 13.6. The van der Waals surface area contributed by atoms with Crippen LogP contribution in [0.25, 0.3) is 10.9 Å². The van der Waals surface area contributed by atoms with Gasteiger partial charge in [0.15, 0.2) is 0 Å². The quantitative estimate of drug-likeness (QED) is 0.692. The molecule has 0 radical (unpaired) electrons. The second kappa shape index (κ2) is 8.22. The molecule has 150 valence electrons. The summed E-state index contributed by atoms with van der Waals surface area (Å²) in [6.07, 6.45) is 0.0686. The van der Waals surface area contributed by atoms with E-state index in [4.69, 9.17) is 0 Å². The Morgan fingerprint density at radius 1 is 1.03 bits per heavy atom. The third-order valence-corrected chi connectivity index (χ3v) is 4.10. The van der Waals surface area contributed by atoms with Crippen molar-refractivity contribution in [3.8, 4) is 0 Å². The number of carbonyl (C=O) groups excluding carboxylic acids is 2. The number of rotatable bonds is 5. The maximum Gasteiger partial charge on any atom is 0.277 e. The van der Waals surface area contributed by atoms with Crippen molar-refractivity contribution >= 4 is 28.4 Å². The van der Waals surface area contributed by atoms with Crippen LogP contribution >= 0.6 is 0 Å². The number of fused-ring (bicyclic) bond motifs is 1. The SMILES string of the molecule is CC(C)(C)NC(=O)c1ccc(NC(=O)CCn2nnc3ccccc3c2=O)cc1. The van der Waals surface area contributed by atoms with Gasteiger partial charge < -0.3 is 10.6 Å². The van der Waals surface area contributed by atoms with Gasteiger partial charge in [0.05, 0.1) is 11.9 Å². The van der Waals surface area contributed by atoms with E-state index in [9.17, 15) is 14.4 Å². The maximum absolute atomic E-state index is 12.4. The summed E-state index contributed by atoms with van der Waals surface area (Å²) in [4.78, 5) is 36.7. The minimum atomic E-state index is -0.326. The predicted octanol–water partition coefficient (Wildman–Crippen LogP) is 2.35. The molecule has 2 aromatic carbocycles. The minimum absolute atomic E-state index is 0.0686. The second-order valence-corrected chi connectivity index (χ2v) is 7.71. The molecule has 0 aliphatic carbocycles. The fourth-order valence-electron chi connectivity index (χ4n) is 2.72. The van der Waals surface area contributed by atoms with Crippen LogP contribution in [-0.2, 0) is 11.3 Å². The molecular formula is C21H23N5O3. The zero-order valence-corrected chi connectivity index (χ0v) is 16.6. The van der Waals surface area contributed by atoms with Crippen LogP contribution in [0.1, 0.15) is 37.6 Å². The van der Waals surface area contributed by atoms with Crippen molar-refractivity contribution in [2.45, 2.75) is 39.3 Å². The Labute approximate surface area is 167 Å². The zero-order valence-electron chi connectivity index (χ0n) is 16.6. The van der Waals surface area contributed by atoms with Crippen LogP contribution in [0.15, 0.2) is 53.3 Å². The highest BCUT2D eigenvalue weighted by molar-refractivity contribution is 5.96. The van der Waals surface area contributed by atoms with Crippen molar-refractivity contribution in [3.63, 3.8) is 0 Å². The fourth-order valence-corrected chi connectivity index (χ4v) is 2.72. The van der Waals surface area contributed by atoms with Gasteiger partial charge in [0, 0.05) is 23.2 Å². The number of aromatic nitrogens is 3. The van der Waals surface area contributed by atoms with E-state index in [0.29, 0.717) is 22.2 Å². The summed E-state index contributed by atoms with van der Waals surface area (Å²) in [5, 5.41) is 14.0. The molecule has 0 saturated carbocycles. The highest BCUT2D eigenvalue weighted by Gasteiger charge is 2.15. The third kappa shape index (κ3) is 5.25. The molecule has 1 aromatic heterocycles. The van der Waals surface area contributed by atoms with Crippen molar-refractivity contribution in [2.75, 3.05) is 5.32 Å². The minimum Gasteiger partial charge on any atom is -0.347 e. The first-order valence-corrected chi connectivity index (χ1v) is 9.28. The molecule has 0 saturated heterocycles. The Morgan fingerprint density at radius 2 is 1.72 bits per heavy atom. The van der Waals surface area contributed by atoms with Crippen molar-refractivity contribution in [1.29, 1.82) is 0 Å². The molecule has 0 bridgehead atoms. The lowest BCUT2D eigenvalue weighted by atomic mass is 10.1. The number of amides is 2. The molecular weight excluding hydrogens is 370 g/mol. The van der Waals surface area contributed by atoms with E-state index in [0.717, 1.165) is 0 Å². The Hall–Kier alpha value is -3.55. The molecule has 29 heavy (non-hydrogen) atoms. The number of benzene rings is 2. The lowest BCUT2D eigenvalue weighted by molar-refractivity contribution is -0.116. The van der Waals surface area contributed by atoms with Crippen molar-refractivity contribution in [2.24, 2.45) is 0 Å². The van der Waals surface area contributed by atoms with Crippen LogP contribution < -0.4 is 16.2 Å². The Balaban J connectivity index is 1.59. The Kier molecular flexibility index (Phi) is 5.72. The molecule has 8 nitrogen and oxygen atoms in total. The number of carbonyl (C=O) groups is 2. The van der Waals surface area contributed by atoms with E-state index in [1.165, 1.54) is 4.68 Å². The van der Waals surface area contributed by atoms with Gasteiger partial charge in [0.2, 0.25) is 5.91 Å². The molecule has 0 unspecified atom stereocenters. The number of nitrogens with one attached hydrogen (secondary N) is 2. The van der Waals surface area contributed by atoms with Crippen LogP contribution in [0.4, 0.5) is 5.69 Å². The van der Waals surface area contributed by atoms with E-state index >= 15 is 0 Å². The zero-order chi connectivity index (χ0) is 21.0. The van der Waals surface area contributed by atoms with Gasteiger partial charge in [0.1, 0.15) is 5.52 Å². The molecule has 0 aliphatic rings. The lowest BCUT2D eigenvalue weighted by Gasteiger charge is -2.20. The topological polar surface area (TPSA) is 106 Å². The lowest BCUT2D eigenvalue weighted by Crippen LogP contribution is -2.40. The first-order valence-electron chi connectivity index (χ1n) is 9.28. The molecule has 1 heterocycles. The maximum atomic E-state index is 12.4. The average Bonchev–Trinajstić information content (AvgIpc) is 2.67. The van der Waals surface area contributed by atoms with Gasteiger partial charge in [-0.3, -0.25) is 14.4 Å². The molecule has 3 rings (SSSR count). The van der Waals surface area contributed by atoms with Gasteiger partial charge in [-0.05, 0) is 57.2 Å². The number of hydrogen-bond donors (Lipinski definition) is 2. The predicted molar refractivity (Wildman–Crippen MR) is 111 cm³/mol. The van der Waals surface area contributed by atoms with Crippen LogP contribution in [0, 0.1) is 0 Å². The summed E-state index contributed by atoms with van der Waals surface area (Å²) in [5.41, 5.74) is 0.995. The van der Waals surface area contributed by atoms with Crippen LogP contribution in [-0.4, -0.2) is 32.3 Å². The molecule has 0 aliphatic heterocycles. The van der Waals surface area contributed by atoms with Gasteiger partial charge in [0.25, 0.3) is 11.5 Å². The third-order valence-electron chi connectivity index (χ3n) is 4.10. The summed E-state index contributed by atoms with van der Waals surface area (Å²) >= 11 is 0. The summed E-state index contributed by atoms with van der Waals surface area (Å²) in [6.45, 7) is 5.84. The van der Waals surface area contributed by atoms with E-state index < -0.39 is 0 Å². The number of nitrogens with zero attached hydrogens (tertiary/aromatic N) is 3. The molecule has 0 atom stereocenters. The van der Waals surface area contributed by atoms with Crippen LogP contribution in [0.5, 0.6) is 0 Å². The summed E-state index contributed by atoms with van der Waals surface area (Å²) in [7, 11) is 0. The van der Waals surface area contributed by atoms with Crippen LogP contribution in [0.3, 0.4) is 0 Å². The Bertz CT molecular complexity index is 1100. The highest BCUT2D eigenvalue weighted by atomic mass is 16.2. The largest absolute Gasteiger partial charge is 0.347 e. The first kappa shape index (κ1) is 20.2. The Morgan fingerprint density at radius 3 is 2.41 bits per heavy atom. The van der Waals surface area contributed by atoms with E-state index in [1.54, 1.807) is 48.5 Å². The molecule has 2 amide bonds. The molecule has 0 spiro atoms. The average molecular weight is 393 g/mol. The highest BCUT2D eigenvalue weighted by Crippen LogP contribution is 2.11. The second-order valence-electron chi connectivity index (χ2n) is 7.71. The first-order chi connectivity index (χ1) is 13.7. The molecule has 3 aromatic rings. The van der Waals surface area contributed by atoms with E-state index in [-0.39, 0.29) is 35.9 Å². The number of aryl methyl sites for hydroxylation is 1. The summed E-state index contributed by atoms with van der Waals surface area (Å²) in [5.74, 6) is -0.441. The molecule has 8 heteroatoms. The number of hydrogen-bond acceptors (Lipinski definition) is 5. The van der Waals surface area contributed by atoms with E-state index in [2.05, 4.69) is 20.9 Å². The standard InChI is InChI=1S/C21H23N5O3/c1-21(2,3)23-19(28)14-8-10-15(11-9-14)22-18(27)12-13-26-20(29)16-6-4-5-7-17(16)24-25-26/h4-11H,12-13H2,1-3H3,(H,22,27)(H,23,28). The number of anilines is 1. The molecule has 2 N–H and O–H groups in total. The molecule has 0 fully saturated rings. The van der Waals surface area contributed by atoms with Crippen molar-refractivity contribution in [1.82, 2.24) is 20.3 Å².